The van der Waals surface area contributed by atoms with Crippen LogP contribution in [0.25, 0.3) is 0 Å². The number of alkyl carbamates (subject to hydrolysis) is 1. The lowest BCUT2D eigenvalue weighted by Gasteiger charge is -2.24. The van der Waals surface area contributed by atoms with Gasteiger partial charge >= 0.3 is 12.3 Å². The van der Waals surface area contributed by atoms with E-state index in [9.17, 15) is 27.9 Å². The molecule has 8 heteroatoms. The zero-order chi connectivity index (χ0) is 18.5. The van der Waals surface area contributed by atoms with Crippen LogP contribution in [0.4, 0.5) is 18.0 Å². The number of rotatable bonds is 5. The van der Waals surface area contributed by atoms with Crippen molar-refractivity contribution in [3.05, 3.63) is 35.4 Å². The molecule has 0 radical (unpaired) electrons. The van der Waals surface area contributed by atoms with Crippen LogP contribution in [0, 0.1) is 0 Å². The molecule has 0 spiro atoms. The summed E-state index contributed by atoms with van der Waals surface area (Å²) in [5.74, 6) is -1.39. The summed E-state index contributed by atoms with van der Waals surface area (Å²) in [5.41, 5.74) is -1.11. The van der Waals surface area contributed by atoms with E-state index < -0.39 is 41.9 Å². The molecule has 0 heterocycles. The van der Waals surface area contributed by atoms with Crippen LogP contribution in [0.2, 0.25) is 0 Å². The van der Waals surface area contributed by atoms with E-state index in [1.54, 1.807) is 20.8 Å². The third-order valence-electron chi connectivity index (χ3n) is 2.90. The van der Waals surface area contributed by atoms with Crippen LogP contribution in [0.1, 0.15) is 38.3 Å². The lowest BCUT2D eigenvalue weighted by molar-refractivity contribution is -0.306. The number of benzene rings is 1. The number of hydrogen-bond acceptors (Lipinski definition) is 4. The van der Waals surface area contributed by atoms with Gasteiger partial charge in [-0.15, -0.1) is 0 Å². The molecule has 0 bridgehead atoms. The first kappa shape index (κ1) is 19.8. The Kier molecular flexibility index (Phi) is 6.22. The van der Waals surface area contributed by atoms with Crippen LogP contribution in [0.3, 0.4) is 0 Å². The Morgan fingerprint density at radius 2 is 1.71 bits per heavy atom. The largest absolute Gasteiger partial charge is 0.550 e. The molecule has 1 aromatic carbocycles. The molecule has 0 aliphatic heterocycles. The van der Waals surface area contributed by atoms with Gasteiger partial charge in [0.05, 0.1) is 5.56 Å². The number of ether oxygens (including phenoxy) is 1. The minimum absolute atomic E-state index is 0.0331. The molecule has 1 atom stereocenters. The van der Waals surface area contributed by atoms with Gasteiger partial charge in [-0.05, 0) is 44.9 Å². The fourth-order valence-electron chi connectivity index (χ4n) is 1.96. The molecule has 5 nitrogen and oxygen atoms in total. The van der Waals surface area contributed by atoms with Crippen LogP contribution < -0.4 is 10.4 Å². The highest BCUT2D eigenvalue weighted by molar-refractivity contribution is 5.70. The van der Waals surface area contributed by atoms with Crippen LogP contribution in [0.5, 0.6) is 0 Å². The van der Waals surface area contributed by atoms with Gasteiger partial charge in [0, 0.05) is 18.4 Å². The van der Waals surface area contributed by atoms with Crippen molar-refractivity contribution in [1.82, 2.24) is 5.32 Å². The Morgan fingerprint density at radius 3 is 2.12 bits per heavy atom. The SMILES string of the molecule is CC(C)(C)OC(=O)N[C@H](CC(=O)[O-])Cc1ccc(C(F)(F)F)cc1. The Balaban J connectivity index is 2.79. The lowest BCUT2D eigenvalue weighted by Crippen LogP contribution is -2.43. The first-order chi connectivity index (χ1) is 10.9. The van der Waals surface area contributed by atoms with Gasteiger partial charge < -0.3 is 20.0 Å². The summed E-state index contributed by atoms with van der Waals surface area (Å²) in [5, 5.41) is 13.2. The zero-order valence-electron chi connectivity index (χ0n) is 13.6. The van der Waals surface area contributed by atoms with Crippen LogP contribution >= 0.6 is 0 Å². The van der Waals surface area contributed by atoms with Gasteiger partial charge in [-0.1, -0.05) is 12.1 Å². The topological polar surface area (TPSA) is 78.5 Å². The molecule has 1 amide bonds. The number of nitrogens with one attached hydrogen (secondary N) is 1. The molecule has 0 unspecified atom stereocenters. The van der Waals surface area contributed by atoms with Crippen molar-refractivity contribution in [2.24, 2.45) is 0 Å². The number of aliphatic carboxylic acids is 1. The number of carboxylic acids is 1. The van der Waals surface area contributed by atoms with E-state index in [1.165, 1.54) is 12.1 Å². The Labute approximate surface area is 137 Å². The van der Waals surface area contributed by atoms with Gasteiger partial charge in [-0.25, -0.2) is 4.79 Å². The molecule has 24 heavy (non-hydrogen) atoms. The molecule has 0 fully saturated rings. The summed E-state index contributed by atoms with van der Waals surface area (Å²) in [6.45, 7) is 4.95. The fraction of sp³-hybridized carbons (Fsp3) is 0.500. The zero-order valence-corrected chi connectivity index (χ0v) is 13.6. The van der Waals surface area contributed by atoms with Gasteiger partial charge in [0.2, 0.25) is 0 Å². The summed E-state index contributed by atoms with van der Waals surface area (Å²) in [6.07, 6.45) is -5.70. The van der Waals surface area contributed by atoms with Crippen molar-refractivity contribution in [1.29, 1.82) is 0 Å². The molecule has 1 rings (SSSR count). The maximum atomic E-state index is 12.5. The highest BCUT2D eigenvalue weighted by Gasteiger charge is 2.30. The average Bonchev–Trinajstić information content (AvgIpc) is 2.34. The molecule has 0 saturated heterocycles. The molecule has 134 valence electrons. The van der Waals surface area contributed by atoms with Crippen molar-refractivity contribution >= 4 is 12.1 Å². The van der Waals surface area contributed by atoms with Gasteiger partial charge in [-0.3, -0.25) is 0 Å². The molecule has 0 aromatic heterocycles. The minimum atomic E-state index is -4.45. The second-order valence-corrected chi connectivity index (χ2v) is 6.32. The van der Waals surface area contributed by atoms with Crippen molar-refractivity contribution in [2.45, 2.75) is 51.4 Å². The number of amides is 1. The molecule has 0 saturated carbocycles. The highest BCUT2D eigenvalue weighted by atomic mass is 19.4. The molecule has 0 aliphatic rings. The smallest absolute Gasteiger partial charge is 0.416 e. The fourth-order valence-corrected chi connectivity index (χ4v) is 1.96. The Bertz CT molecular complexity index is 576. The van der Waals surface area contributed by atoms with Crippen LogP contribution in [0.15, 0.2) is 24.3 Å². The monoisotopic (exact) mass is 346 g/mol. The van der Waals surface area contributed by atoms with E-state index in [0.717, 1.165) is 12.1 Å². The predicted octanol–water partition coefficient (Wildman–Crippen LogP) is 2.28. The van der Waals surface area contributed by atoms with Gasteiger partial charge in [0.25, 0.3) is 0 Å². The lowest BCUT2D eigenvalue weighted by atomic mass is 10.0. The van der Waals surface area contributed by atoms with Crippen LogP contribution in [-0.4, -0.2) is 23.7 Å². The van der Waals surface area contributed by atoms with E-state index in [-0.39, 0.29) is 6.42 Å². The standard InChI is InChI=1S/C16H20F3NO4/c1-15(2,3)24-14(23)20-12(9-13(21)22)8-10-4-6-11(7-5-10)16(17,18)19/h4-7,12H,8-9H2,1-3H3,(H,20,23)(H,21,22)/p-1/t12-/m0/s1. The second kappa shape index (κ2) is 7.55. The number of carboxylic acid groups (broad SMARTS) is 1. The van der Waals surface area contributed by atoms with Crippen molar-refractivity contribution < 1.29 is 32.6 Å². The first-order valence-corrected chi connectivity index (χ1v) is 7.22. The van der Waals surface area contributed by atoms with E-state index >= 15 is 0 Å². The Morgan fingerprint density at radius 1 is 1.17 bits per heavy atom. The third-order valence-corrected chi connectivity index (χ3v) is 2.90. The molecule has 0 aliphatic carbocycles. The van der Waals surface area contributed by atoms with Crippen LogP contribution in [-0.2, 0) is 22.1 Å². The van der Waals surface area contributed by atoms with Gasteiger partial charge in [-0.2, -0.15) is 13.2 Å². The molecule has 1 aromatic rings. The average molecular weight is 346 g/mol. The number of halogens is 3. The van der Waals surface area contributed by atoms with E-state index in [1.807, 2.05) is 0 Å². The number of alkyl halides is 3. The maximum Gasteiger partial charge on any atom is 0.416 e. The van der Waals surface area contributed by atoms with Crippen molar-refractivity contribution in [2.75, 3.05) is 0 Å². The first-order valence-electron chi connectivity index (χ1n) is 7.22. The van der Waals surface area contributed by atoms with Gasteiger partial charge in [0.1, 0.15) is 5.60 Å². The molecular weight excluding hydrogens is 327 g/mol. The van der Waals surface area contributed by atoms with Crippen molar-refractivity contribution in [3.63, 3.8) is 0 Å². The second-order valence-electron chi connectivity index (χ2n) is 6.32. The molecule has 1 N–H and O–H groups in total. The molecular formula is C16H19F3NO4-. The minimum Gasteiger partial charge on any atom is -0.550 e. The van der Waals surface area contributed by atoms with E-state index in [2.05, 4.69) is 5.32 Å². The van der Waals surface area contributed by atoms with Gasteiger partial charge in [0.15, 0.2) is 0 Å². The Hall–Kier alpha value is -2.25. The summed E-state index contributed by atoms with van der Waals surface area (Å²) in [4.78, 5) is 22.5. The van der Waals surface area contributed by atoms with E-state index in [0.29, 0.717) is 5.56 Å². The van der Waals surface area contributed by atoms with E-state index in [4.69, 9.17) is 4.74 Å². The number of carbonyl (C=O) groups is 2. The predicted molar refractivity (Wildman–Crippen MR) is 77.9 cm³/mol. The summed E-state index contributed by atoms with van der Waals surface area (Å²) in [6, 6.07) is 3.42. The highest BCUT2D eigenvalue weighted by Crippen LogP contribution is 2.29. The van der Waals surface area contributed by atoms with Crippen molar-refractivity contribution in [3.8, 4) is 0 Å². The third kappa shape index (κ3) is 7.34. The number of hydrogen-bond donors (Lipinski definition) is 1. The summed E-state index contributed by atoms with van der Waals surface area (Å²) >= 11 is 0. The number of carbonyl (C=O) groups excluding carboxylic acids is 2. The maximum absolute atomic E-state index is 12.5. The summed E-state index contributed by atoms with van der Waals surface area (Å²) in [7, 11) is 0. The summed E-state index contributed by atoms with van der Waals surface area (Å²) < 4.78 is 42.6. The normalized spacial score (nSPS) is 13.2. The quantitative estimate of drug-likeness (QED) is 0.887.